The standard InChI is InChI=1S/C12H14N4O2S/c13-19(17,18)16-12-5-1-4-11(7-12)15-9-10-3-2-6-14-8-10/h1-8,15-16H,9H2,(H2,13,17,18). The van der Waals surface area contributed by atoms with E-state index < -0.39 is 10.2 Å². The Labute approximate surface area is 111 Å². The molecule has 0 spiro atoms. The molecule has 0 saturated carbocycles. The zero-order valence-electron chi connectivity index (χ0n) is 10.1. The third-order valence-electron chi connectivity index (χ3n) is 2.34. The van der Waals surface area contributed by atoms with Crippen LogP contribution in [0.5, 0.6) is 0 Å². The van der Waals surface area contributed by atoms with Crippen LogP contribution in [0, 0.1) is 0 Å². The van der Waals surface area contributed by atoms with Crippen LogP contribution in [0.4, 0.5) is 11.4 Å². The largest absolute Gasteiger partial charge is 0.381 e. The maximum Gasteiger partial charge on any atom is 0.296 e. The molecule has 1 aromatic carbocycles. The number of pyridine rings is 1. The Kier molecular flexibility index (Phi) is 3.98. The van der Waals surface area contributed by atoms with Crippen LogP contribution < -0.4 is 15.2 Å². The van der Waals surface area contributed by atoms with Crippen molar-refractivity contribution in [2.75, 3.05) is 10.0 Å². The number of rotatable bonds is 5. The summed E-state index contributed by atoms with van der Waals surface area (Å²) in [6, 6.07) is 10.7. The molecule has 6 nitrogen and oxygen atoms in total. The summed E-state index contributed by atoms with van der Waals surface area (Å²) in [4.78, 5) is 4.01. The Morgan fingerprint density at radius 2 is 1.95 bits per heavy atom. The van der Waals surface area contributed by atoms with Gasteiger partial charge in [0.1, 0.15) is 0 Å². The van der Waals surface area contributed by atoms with Gasteiger partial charge >= 0.3 is 0 Å². The predicted molar refractivity (Wildman–Crippen MR) is 74.7 cm³/mol. The SMILES string of the molecule is NS(=O)(=O)Nc1cccc(NCc2cccnc2)c1. The average Bonchev–Trinajstić information content (AvgIpc) is 2.36. The molecule has 7 heteroatoms. The first-order valence-electron chi connectivity index (χ1n) is 5.56. The van der Waals surface area contributed by atoms with Crippen molar-refractivity contribution in [3.05, 3.63) is 54.4 Å². The third-order valence-corrected chi connectivity index (χ3v) is 2.86. The Morgan fingerprint density at radius 3 is 2.63 bits per heavy atom. The zero-order valence-corrected chi connectivity index (χ0v) is 10.9. The first-order valence-corrected chi connectivity index (χ1v) is 7.11. The molecule has 0 saturated heterocycles. The van der Waals surface area contributed by atoms with Gasteiger partial charge in [-0.15, -0.1) is 0 Å². The van der Waals surface area contributed by atoms with Crippen LogP contribution in [0.2, 0.25) is 0 Å². The minimum atomic E-state index is -3.75. The second-order valence-corrected chi connectivity index (χ2v) is 5.24. The van der Waals surface area contributed by atoms with Gasteiger partial charge in [0.25, 0.3) is 10.2 Å². The molecule has 0 amide bonds. The maximum atomic E-state index is 10.9. The van der Waals surface area contributed by atoms with Crippen molar-refractivity contribution < 1.29 is 8.42 Å². The minimum absolute atomic E-state index is 0.415. The maximum absolute atomic E-state index is 10.9. The lowest BCUT2D eigenvalue weighted by Crippen LogP contribution is -2.21. The van der Waals surface area contributed by atoms with Crippen LogP contribution in [-0.4, -0.2) is 13.4 Å². The van der Waals surface area contributed by atoms with Gasteiger partial charge in [-0.1, -0.05) is 12.1 Å². The Bertz CT molecular complexity index is 644. The van der Waals surface area contributed by atoms with E-state index in [0.717, 1.165) is 11.3 Å². The van der Waals surface area contributed by atoms with Crippen molar-refractivity contribution >= 4 is 21.6 Å². The highest BCUT2D eigenvalue weighted by Crippen LogP contribution is 2.16. The molecule has 0 aliphatic carbocycles. The zero-order chi connectivity index (χ0) is 13.7. The van der Waals surface area contributed by atoms with E-state index in [9.17, 15) is 8.42 Å². The lowest BCUT2D eigenvalue weighted by Gasteiger charge is -2.09. The highest BCUT2D eigenvalue weighted by molar-refractivity contribution is 7.90. The van der Waals surface area contributed by atoms with E-state index in [1.54, 1.807) is 30.6 Å². The molecule has 0 bridgehead atoms. The smallest absolute Gasteiger partial charge is 0.296 e. The summed E-state index contributed by atoms with van der Waals surface area (Å²) in [5.41, 5.74) is 2.24. The van der Waals surface area contributed by atoms with Gasteiger partial charge in [-0.25, -0.2) is 5.14 Å². The molecular weight excluding hydrogens is 264 g/mol. The molecule has 0 aliphatic heterocycles. The fraction of sp³-hybridized carbons (Fsp3) is 0.0833. The van der Waals surface area contributed by atoms with Crippen LogP contribution in [0.1, 0.15) is 5.56 Å². The van der Waals surface area contributed by atoms with Crippen LogP contribution in [0.15, 0.2) is 48.8 Å². The summed E-state index contributed by atoms with van der Waals surface area (Å²) in [7, 11) is -3.75. The van der Waals surface area contributed by atoms with Crippen molar-refractivity contribution in [2.45, 2.75) is 6.54 Å². The Morgan fingerprint density at radius 1 is 1.16 bits per heavy atom. The Balaban J connectivity index is 2.03. The number of hydrogen-bond donors (Lipinski definition) is 3. The van der Waals surface area contributed by atoms with Crippen molar-refractivity contribution in [1.82, 2.24) is 4.98 Å². The van der Waals surface area contributed by atoms with Gasteiger partial charge in [-0.3, -0.25) is 9.71 Å². The fourth-order valence-corrected chi connectivity index (χ4v) is 2.02. The van der Waals surface area contributed by atoms with Gasteiger partial charge in [0, 0.05) is 24.6 Å². The van der Waals surface area contributed by atoms with Crippen LogP contribution in [-0.2, 0) is 16.8 Å². The topological polar surface area (TPSA) is 97.1 Å². The van der Waals surface area contributed by atoms with Crippen molar-refractivity contribution in [3.63, 3.8) is 0 Å². The lowest BCUT2D eigenvalue weighted by atomic mass is 10.2. The highest BCUT2D eigenvalue weighted by Gasteiger charge is 2.02. The fourth-order valence-electron chi connectivity index (χ4n) is 1.56. The van der Waals surface area contributed by atoms with Gasteiger partial charge < -0.3 is 5.32 Å². The first kappa shape index (κ1) is 13.3. The first-order chi connectivity index (χ1) is 9.03. The molecule has 19 heavy (non-hydrogen) atoms. The summed E-state index contributed by atoms with van der Waals surface area (Å²) >= 11 is 0. The second-order valence-electron chi connectivity index (χ2n) is 3.94. The van der Waals surface area contributed by atoms with E-state index >= 15 is 0 Å². The van der Waals surface area contributed by atoms with E-state index in [1.807, 2.05) is 18.2 Å². The number of hydrogen-bond acceptors (Lipinski definition) is 4. The third kappa shape index (κ3) is 4.57. The normalized spacial score (nSPS) is 11.0. The van der Waals surface area contributed by atoms with Gasteiger partial charge in [-0.2, -0.15) is 8.42 Å². The van der Waals surface area contributed by atoms with E-state index in [4.69, 9.17) is 5.14 Å². The van der Waals surface area contributed by atoms with Crippen LogP contribution in [0.25, 0.3) is 0 Å². The summed E-state index contributed by atoms with van der Waals surface area (Å²) in [6.07, 6.45) is 3.47. The average molecular weight is 278 g/mol. The molecule has 100 valence electrons. The number of benzene rings is 1. The van der Waals surface area contributed by atoms with Gasteiger partial charge in [0.15, 0.2) is 0 Å². The van der Waals surface area contributed by atoms with E-state index in [2.05, 4.69) is 15.0 Å². The van der Waals surface area contributed by atoms with Crippen molar-refractivity contribution in [3.8, 4) is 0 Å². The van der Waals surface area contributed by atoms with Gasteiger partial charge in [0.2, 0.25) is 0 Å². The molecule has 0 fully saturated rings. The van der Waals surface area contributed by atoms with Crippen molar-refractivity contribution in [1.29, 1.82) is 0 Å². The van der Waals surface area contributed by atoms with Crippen molar-refractivity contribution in [2.24, 2.45) is 5.14 Å². The molecule has 2 aromatic rings. The van der Waals surface area contributed by atoms with E-state index in [1.165, 1.54) is 0 Å². The van der Waals surface area contributed by atoms with Crippen LogP contribution in [0.3, 0.4) is 0 Å². The number of nitrogens with zero attached hydrogens (tertiary/aromatic N) is 1. The Hall–Kier alpha value is -2.12. The molecule has 0 unspecified atom stereocenters. The number of aromatic nitrogens is 1. The summed E-state index contributed by atoms with van der Waals surface area (Å²) in [6.45, 7) is 0.604. The van der Waals surface area contributed by atoms with E-state index in [-0.39, 0.29) is 0 Å². The minimum Gasteiger partial charge on any atom is -0.381 e. The predicted octanol–water partition coefficient (Wildman–Crippen LogP) is 1.31. The molecule has 1 aromatic heterocycles. The molecule has 4 N–H and O–H groups in total. The number of nitrogens with two attached hydrogens (primary N) is 1. The lowest BCUT2D eigenvalue weighted by molar-refractivity contribution is 0.603. The van der Waals surface area contributed by atoms with Gasteiger partial charge in [-0.05, 0) is 29.8 Å². The molecule has 0 atom stereocenters. The van der Waals surface area contributed by atoms with Gasteiger partial charge in [0.05, 0.1) is 5.69 Å². The highest BCUT2D eigenvalue weighted by atomic mass is 32.2. The monoisotopic (exact) mass is 278 g/mol. The summed E-state index contributed by atoms with van der Waals surface area (Å²) < 4.78 is 24.1. The summed E-state index contributed by atoms with van der Waals surface area (Å²) in [5.74, 6) is 0. The van der Waals surface area contributed by atoms with Crippen LogP contribution >= 0.6 is 0 Å². The number of anilines is 2. The molecule has 1 heterocycles. The van der Waals surface area contributed by atoms with E-state index in [0.29, 0.717) is 12.2 Å². The quantitative estimate of drug-likeness (QED) is 0.768. The molecule has 0 aliphatic rings. The molecule has 0 radical (unpaired) electrons. The molecule has 2 rings (SSSR count). The second kappa shape index (κ2) is 5.68. The number of nitrogens with one attached hydrogen (secondary N) is 2. The summed E-state index contributed by atoms with van der Waals surface area (Å²) in [5, 5.41) is 8.09. The molecular formula is C12H14N4O2S.